The lowest BCUT2D eigenvalue weighted by atomic mass is 9.89. The number of anilines is 1. The number of rotatable bonds is 6. The van der Waals surface area contributed by atoms with E-state index in [1.165, 1.54) is 12.0 Å². The molecule has 0 amide bonds. The molecule has 1 saturated heterocycles. The molecule has 148 valence electrons. The van der Waals surface area contributed by atoms with Gasteiger partial charge in [0.2, 0.25) is 6.35 Å². The second kappa shape index (κ2) is 9.36. The van der Waals surface area contributed by atoms with Crippen LogP contribution in [0, 0.1) is 0 Å². The van der Waals surface area contributed by atoms with E-state index in [0.29, 0.717) is 17.9 Å². The third-order valence-corrected chi connectivity index (χ3v) is 6.24. The Morgan fingerprint density at radius 1 is 1.26 bits per heavy atom. The van der Waals surface area contributed by atoms with Gasteiger partial charge in [-0.05, 0) is 78.9 Å². The van der Waals surface area contributed by atoms with Crippen LogP contribution in [0.1, 0.15) is 50.6 Å². The molecule has 27 heavy (non-hydrogen) atoms. The Kier molecular flexibility index (Phi) is 7.13. The highest BCUT2D eigenvalue weighted by atomic mass is 127. The summed E-state index contributed by atoms with van der Waals surface area (Å²) < 4.78 is 0.815. The van der Waals surface area contributed by atoms with Gasteiger partial charge in [0.05, 0.1) is 3.58 Å². The second-order valence-electron chi connectivity index (χ2n) is 7.19. The average Bonchev–Trinajstić information content (AvgIpc) is 2.67. The van der Waals surface area contributed by atoms with E-state index in [1.54, 1.807) is 4.90 Å². The van der Waals surface area contributed by atoms with E-state index in [2.05, 4.69) is 51.5 Å². The van der Waals surface area contributed by atoms with E-state index in [1.807, 2.05) is 18.3 Å². The Morgan fingerprint density at radius 2 is 2.00 bits per heavy atom. The summed E-state index contributed by atoms with van der Waals surface area (Å²) in [5, 5.41) is 19.6. The fourth-order valence-electron chi connectivity index (χ4n) is 4.13. The Bertz CT molecular complexity index is 690. The highest BCUT2D eigenvalue weighted by molar-refractivity contribution is 14.1. The number of halogens is 1. The predicted octanol–water partition coefficient (Wildman–Crippen LogP) is 3.10. The van der Waals surface area contributed by atoms with Crippen LogP contribution in [0.15, 0.2) is 39.0 Å². The third-order valence-electron chi connectivity index (χ3n) is 5.40. The van der Waals surface area contributed by atoms with E-state index in [0.717, 1.165) is 41.5 Å². The van der Waals surface area contributed by atoms with Gasteiger partial charge in [0.1, 0.15) is 5.84 Å². The van der Waals surface area contributed by atoms with Crippen molar-refractivity contribution in [2.24, 2.45) is 10.7 Å². The molecule has 0 aromatic heterocycles. The molecule has 1 aromatic rings. The van der Waals surface area contributed by atoms with Crippen LogP contribution in [-0.2, 0) is 0 Å². The van der Waals surface area contributed by atoms with Crippen molar-refractivity contribution in [3.63, 3.8) is 0 Å². The molecule has 0 aliphatic carbocycles. The Morgan fingerprint density at radius 3 is 2.67 bits per heavy atom. The maximum atomic E-state index is 10.2. The second-order valence-corrected chi connectivity index (χ2v) is 8.35. The van der Waals surface area contributed by atoms with Crippen LogP contribution in [-0.4, -0.2) is 46.5 Å². The highest BCUT2D eigenvalue weighted by Gasteiger charge is 2.30. The van der Waals surface area contributed by atoms with E-state index >= 15 is 0 Å². The zero-order valence-corrected chi connectivity index (χ0v) is 17.9. The Labute approximate surface area is 174 Å². The van der Waals surface area contributed by atoms with Crippen molar-refractivity contribution in [2.45, 2.75) is 57.5 Å². The third kappa shape index (κ3) is 4.64. The van der Waals surface area contributed by atoms with Gasteiger partial charge in [-0.15, -0.1) is 0 Å². The number of hydrogen-bond donors (Lipinski definition) is 3. The van der Waals surface area contributed by atoms with Gasteiger partial charge in [-0.2, -0.15) is 0 Å². The van der Waals surface area contributed by atoms with Crippen LogP contribution < -0.4 is 10.6 Å². The molecule has 6 nitrogen and oxygen atoms in total. The first-order valence-electron chi connectivity index (χ1n) is 9.69. The minimum Gasteiger partial charge on any atom is -0.396 e. The fraction of sp³-hybridized carbons (Fsp3) is 0.550. The Balaban J connectivity index is 1.79. The summed E-state index contributed by atoms with van der Waals surface area (Å²) in [5.74, 6) is 0.364. The first-order chi connectivity index (χ1) is 13.0. The van der Waals surface area contributed by atoms with Crippen LogP contribution >= 0.6 is 22.6 Å². The number of nitrogens with zero attached hydrogens (tertiary/aromatic N) is 3. The summed E-state index contributed by atoms with van der Waals surface area (Å²) in [7, 11) is 0. The SMILES string of the molecule is CCCN1C(CCO)CCCC1c1ccc(N2C=C(I)C(N)=NC2O)cc1. The topological polar surface area (TPSA) is 85.3 Å². The monoisotopic (exact) mass is 484 g/mol. The van der Waals surface area contributed by atoms with Crippen molar-refractivity contribution in [2.75, 3.05) is 18.1 Å². The van der Waals surface area contributed by atoms with E-state index in [4.69, 9.17) is 5.73 Å². The number of benzene rings is 1. The number of hydrogen-bond acceptors (Lipinski definition) is 6. The maximum absolute atomic E-state index is 10.2. The van der Waals surface area contributed by atoms with Gasteiger partial charge in [0, 0.05) is 30.6 Å². The van der Waals surface area contributed by atoms with Crippen molar-refractivity contribution in [3.05, 3.63) is 39.6 Å². The molecule has 2 aliphatic heterocycles. The van der Waals surface area contributed by atoms with Gasteiger partial charge in [-0.25, -0.2) is 4.99 Å². The summed E-state index contributed by atoms with van der Waals surface area (Å²) in [6, 6.07) is 9.23. The number of nitrogens with two attached hydrogens (primary N) is 1. The van der Waals surface area contributed by atoms with Crippen molar-refractivity contribution in [3.8, 4) is 0 Å². The van der Waals surface area contributed by atoms with Crippen molar-refractivity contribution < 1.29 is 10.2 Å². The molecule has 2 aliphatic rings. The lowest BCUT2D eigenvalue weighted by Crippen LogP contribution is -2.42. The fourth-order valence-corrected chi connectivity index (χ4v) is 4.57. The largest absolute Gasteiger partial charge is 0.396 e. The minimum absolute atomic E-state index is 0.248. The number of likely N-dealkylation sites (tertiary alicyclic amines) is 1. The lowest BCUT2D eigenvalue weighted by Gasteiger charge is -2.42. The molecule has 0 saturated carbocycles. The zero-order chi connectivity index (χ0) is 19.4. The molecule has 4 N–H and O–H groups in total. The van der Waals surface area contributed by atoms with Gasteiger partial charge in [-0.1, -0.05) is 19.1 Å². The summed E-state index contributed by atoms with van der Waals surface area (Å²) in [4.78, 5) is 8.36. The number of piperidine rings is 1. The minimum atomic E-state index is -0.991. The van der Waals surface area contributed by atoms with Crippen molar-refractivity contribution in [1.82, 2.24) is 4.90 Å². The smallest absolute Gasteiger partial charge is 0.231 e. The first-order valence-corrected chi connectivity index (χ1v) is 10.8. The number of aliphatic hydroxyl groups excluding tert-OH is 2. The van der Waals surface area contributed by atoms with Crippen LogP contribution in [0.3, 0.4) is 0 Å². The average molecular weight is 484 g/mol. The summed E-state index contributed by atoms with van der Waals surface area (Å²) >= 11 is 2.12. The first kappa shape index (κ1) is 20.6. The van der Waals surface area contributed by atoms with Crippen molar-refractivity contribution >= 4 is 34.1 Å². The van der Waals surface area contributed by atoms with Crippen LogP contribution in [0.4, 0.5) is 5.69 Å². The van der Waals surface area contributed by atoms with E-state index in [-0.39, 0.29) is 6.61 Å². The van der Waals surface area contributed by atoms with Crippen LogP contribution in [0.25, 0.3) is 0 Å². The van der Waals surface area contributed by atoms with Gasteiger partial charge < -0.3 is 20.8 Å². The maximum Gasteiger partial charge on any atom is 0.231 e. The van der Waals surface area contributed by atoms with Crippen molar-refractivity contribution in [1.29, 1.82) is 0 Å². The normalized spacial score (nSPS) is 26.7. The highest BCUT2D eigenvalue weighted by Crippen LogP contribution is 2.36. The molecule has 7 heteroatoms. The van der Waals surface area contributed by atoms with Gasteiger partial charge in [0.15, 0.2) is 0 Å². The van der Waals surface area contributed by atoms with E-state index in [9.17, 15) is 10.2 Å². The molecular formula is C20H29IN4O2. The predicted molar refractivity (Wildman–Crippen MR) is 118 cm³/mol. The Hall–Kier alpha value is -1.16. The molecule has 1 aromatic carbocycles. The molecular weight excluding hydrogens is 455 g/mol. The number of aliphatic hydroxyl groups is 2. The summed E-state index contributed by atoms with van der Waals surface area (Å²) in [6.45, 7) is 3.51. The number of aliphatic imine (C=N–C) groups is 1. The summed E-state index contributed by atoms with van der Waals surface area (Å²) in [6.07, 6.45) is 6.29. The molecule has 1 fully saturated rings. The number of amidine groups is 1. The quantitative estimate of drug-likeness (QED) is 0.541. The molecule has 3 rings (SSSR count). The van der Waals surface area contributed by atoms with Crippen LogP contribution in [0.2, 0.25) is 0 Å². The molecule has 3 atom stereocenters. The molecule has 3 unspecified atom stereocenters. The van der Waals surface area contributed by atoms with Gasteiger partial charge >= 0.3 is 0 Å². The molecule has 0 bridgehead atoms. The standard InChI is InChI=1S/C20H29IN4O2/c1-2-11-24-15(10-12-26)4-3-5-18(24)14-6-8-16(9-7-14)25-13-17(21)19(22)23-20(25)27/h6-9,13,15,18,20,26-27H,2-5,10-12H2,1H3,(H2,22,23). The molecule has 0 radical (unpaired) electrons. The van der Waals surface area contributed by atoms with Gasteiger partial charge in [0.25, 0.3) is 0 Å². The lowest BCUT2D eigenvalue weighted by molar-refractivity contribution is 0.0651. The summed E-state index contributed by atoms with van der Waals surface area (Å²) in [5.41, 5.74) is 7.96. The van der Waals surface area contributed by atoms with Crippen LogP contribution in [0.5, 0.6) is 0 Å². The van der Waals surface area contributed by atoms with E-state index < -0.39 is 6.35 Å². The zero-order valence-electron chi connectivity index (χ0n) is 15.8. The van der Waals surface area contributed by atoms with Gasteiger partial charge in [-0.3, -0.25) is 4.90 Å². The molecule has 0 spiro atoms. The molecule has 2 heterocycles.